The SMILES string of the molecule is CN1CCN(c2nc3c(cc2F)n2c(=O)n(O)c(=O)cc2n3C2CC2)CC1. The first-order chi connectivity index (χ1) is 13.0. The van der Waals surface area contributed by atoms with Crippen molar-refractivity contribution in [2.45, 2.75) is 18.9 Å². The third-order valence-corrected chi connectivity index (χ3v) is 5.41. The molecule has 10 heteroatoms. The van der Waals surface area contributed by atoms with Crippen LogP contribution in [0, 0.1) is 5.82 Å². The van der Waals surface area contributed by atoms with Crippen LogP contribution in [0.4, 0.5) is 10.2 Å². The van der Waals surface area contributed by atoms with Crippen molar-refractivity contribution in [2.75, 3.05) is 38.1 Å². The standard InChI is InChI=1S/C17H19FN6O3/c1-20-4-6-21(7-5-20)15-11(18)8-12-16(19-15)22(10-2-3-10)13-9-14(25)24(27)17(26)23(12)13/h8-10,27H,2-7H2,1H3. The van der Waals surface area contributed by atoms with E-state index in [1.54, 1.807) is 0 Å². The summed E-state index contributed by atoms with van der Waals surface area (Å²) in [5, 5.41) is 9.71. The van der Waals surface area contributed by atoms with Gasteiger partial charge >= 0.3 is 5.69 Å². The van der Waals surface area contributed by atoms with Gasteiger partial charge in [-0.1, -0.05) is 4.73 Å². The number of halogens is 1. The molecule has 4 heterocycles. The van der Waals surface area contributed by atoms with Crippen molar-refractivity contribution < 1.29 is 9.60 Å². The molecule has 1 saturated heterocycles. The lowest BCUT2D eigenvalue weighted by molar-refractivity contribution is 0.159. The first-order valence-electron chi connectivity index (χ1n) is 8.97. The minimum Gasteiger partial charge on any atom is -0.421 e. The number of aromatic nitrogens is 4. The normalized spacial score (nSPS) is 18.7. The fraction of sp³-hybridized carbons (Fsp3) is 0.471. The zero-order chi connectivity index (χ0) is 18.9. The van der Waals surface area contributed by atoms with E-state index in [1.165, 1.54) is 12.1 Å². The highest BCUT2D eigenvalue weighted by atomic mass is 19.1. The summed E-state index contributed by atoms with van der Waals surface area (Å²) in [6.45, 7) is 2.95. The minimum absolute atomic E-state index is 0.0377. The van der Waals surface area contributed by atoms with Crippen LogP contribution < -0.4 is 16.1 Å². The van der Waals surface area contributed by atoms with Crippen molar-refractivity contribution in [1.29, 1.82) is 0 Å². The van der Waals surface area contributed by atoms with Crippen molar-refractivity contribution in [3.8, 4) is 0 Å². The molecule has 1 aliphatic carbocycles. The minimum atomic E-state index is -0.921. The predicted octanol–water partition coefficient (Wildman–Crippen LogP) is 0.274. The Labute approximate surface area is 152 Å². The van der Waals surface area contributed by atoms with Gasteiger partial charge in [-0.25, -0.2) is 18.6 Å². The first kappa shape index (κ1) is 16.3. The van der Waals surface area contributed by atoms with E-state index < -0.39 is 17.1 Å². The van der Waals surface area contributed by atoms with Crippen LogP contribution in [0.25, 0.3) is 16.8 Å². The smallest absolute Gasteiger partial charge is 0.370 e. The largest absolute Gasteiger partial charge is 0.421 e. The summed E-state index contributed by atoms with van der Waals surface area (Å²) in [7, 11) is 2.02. The quantitative estimate of drug-likeness (QED) is 0.648. The summed E-state index contributed by atoms with van der Waals surface area (Å²) < 4.78 is 17.9. The zero-order valence-corrected chi connectivity index (χ0v) is 14.8. The average molecular weight is 374 g/mol. The molecule has 3 aromatic rings. The highest BCUT2D eigenvalue weighted by molar-refractivity contribution is 5.80. The number of piperazine rings is 1. The second-order valence-electron chi connectivity index (χ2n) is 7.30. The van der Waals surface area contributed by atoms with E-state index in [9.17, 15) is 19.2 Å². The van der Waals surface area contributed by atoms with Gasteiger partial charge in [0.15, 0.2) is 17.3 Å². The van der Waals surface area contributed by atoms with Crippen LogP contribution in [0.1, 0.15) is 18.9 Å². The van der Waals surface area contributed by atoms with Crippen LogP contribution in [-0.4, -0.2) is 62.0 Å². The predicted molar refractivity (Wildman–Crippen MR) is 96.3 cm³/mol. The Hall–Kier alpha value is -2.88. The molecule has 9 nitrogen and oxygen atoms in total. The summed E-state index contributed by atoms with van der Waals surface area (Å²) in [6, 6.07) is 2.58. The molecule has 2 aliphatic rings. The van der Waals surface area contributed by atoms with Gasteiger partial charge in [0, 0.05) is 44.4 Å². The third kappa shape index (κ3) is 2.36. The van der Waals surface area contributed by atoms with E-state index >= 15 is 0 Å². The molecule has 3 aromatic heterocycles. The molecule has 0 spiro atoms. The number of anilines is 1. The summed E-state index contributed by atoms with van der Waals surface area (Å²) in [5.74, 6) is -0.267. The number of fused-ring (bicyclic) bond motifs is 3. The van der Waals surface area contributed by atoms with Gasteiger partial charge in [0.25, 0.3) is 5.56 Å². The number of hydrogen-bond acceptors (Lipinski definition) is 6. The molecular formula is C17H19FN6O3. The second-order valence-corrected chi connectivity index (χ2v) is 7.30. The van der Waals surface area contributed by atoms with Gasteiger partial charge in [-0.05, 0) is 19.9 Å². The van der Waals surface area contributed by atoms with Crippen molar-refractivity contribution in [2.24, 2.45) is 0 Å². The van der Waals surface area contributed by atoms with Crippen LogP contribution in [0.2, 0.25) is 0 Å². The van der Waals surface area contributed by atoms with Crippen molar-refractivity contribution in [1.82, 2.24) is 23.6 Å². The van der Waals surface area contributed by atoms with Crippen molar-refractivity contribution in [3.05, 3.63) is 38.8 Å². The highest BCUT2D eigenvalue weighted by Crippen LogP contribution is 2.39. The van der Waals surface area contributed by atoms with Gasteiger partial charge in [-0.3, -0.25) is 4.79 Å². The average Bonchev–Trinajstić information content (AvgIpc) is 3.43. The number of imidazole rings is 1. The monoisotopic (exact) mass is 374 g/mol. The molecule has 0 amide bonds. The lowest BCUT2D eigenvalue weighted by Crippen LogP contribution is -2.45. The summed E-state index contributed by atoms with van der Waals surface area (Å²) in [4.78, 5) is 33.0. The molecule has 0 atom stereocenters. The molecule has 27 heavy (non-hydrogen) atoms. The lowest BCUT2D eigenvalue weighted by Gasteiger charge is -2.33. The molecule has 0 radical (unpaired) electrons. The summed E-state index contributed by atoms with van der Waals surface area (Å²) in [6.07, 6.45) is 1.80. The van der Waals surface area contributed by atoms with Crippen LogP contribution in [0.3, 0.4) is 0 Å². The fourth-order valence-corrected chi connectivity index (χ4v) is 3.77. The van der Waals surface area contributed by atoms with Crippen LogP contribution in [-0.2, 0) is 0 Å². The maximum atomic E-state index is 14.9. The zero-order valence-electron chi connectivity index (χ0n) is 14.8. The van der Waals surface area contributed by atoms with E-state index in [0.29, 0.717) is 24.4 Å². The Balaban J connectivity index is 1.81. The molecule has 142 valence electrons. The Morgan fingerprint density at radius 3 is 2.52 bits per heavy atom. The third-order valence-electron chi connectivity index (χ3n) is 5.41. The van der Waals surface area contributed by atoms with E-state index in [2.05, 4.69) is 9.88 Å². The highest BCUT2D eigenvalue weighted by Gasteiger charge is 2.31. The van der Waals surface area contributed by atoms with Crippen LogP contribution in [0.5, 0.6) is 0 Å². The Bertz CT molecular complexity index is 1180. The van der Waals surface area contributed by atoms with Gasteiger partial charge in [0.05, 0.1) is 5.52 Å². The van der Waals surface area contributed by atoms with Crippen molar-refractivity contribution in [3.63, 3.8) is 0 Å². The molecule has 0 unspecified atom stereocenters. The molecule has 0 aromatic carbocycles. The van der Waals surface area contributed by atoms with Gasteiger partial charge < -0.3 is 19.6 Å². The maximum Gasteiger partial charge on any atom is 0.370 e. The molecule has 1 N–H and O–H groups in total. The van der Waals surface area contributed by atoms with Gasteiger partial charge in [-0.2, -0.15) is 0 Å². The van der Waals surface area contributed by atoms with Gasteiger partial charge in [0.2, 0.25) is 0 Å². The molecule has 2 fully saturated rings. The Morgan fingerprint density at radius 2 is 1.85 bits per heavy atom. The fourth-order valence-electron chi connectivity index (χ4n) is 3.77. The maximum absolute atomic E-state index is 14.9. The molecule has 1 aliphatic heterocycles. The van der Waals surface area contributed by atoms with Crippen LogP contribution >= 0.6 is 0 Å². The molecule has 5 rings (SSSR count). The van der Waals surface area contributed by atoms with Crippen LogP contribution in [0.15, 0.2) is 21.7 Å². The van der Waals surface area contributed by atoms with Crippen molar-refractivity contribution >= 4 is 22.6 Å². The Morgan fingerprint density at radius 1 is 1.15 bits per heavy atom. The number of hydrogen-bond donors (Lipinski definition) is 1. The van der Waals surface area contributed by atoms with E-state index in [1.807, 2.05) is 16.5 Å². The van der Waals surface area contributed by atoms with E-state index in [-0.39, 0.29) is 22.1 Å². The topological polar surface area (TPSA) is 88.0 Å². The van der Waals surface area contributed by atoms with E-state index in [0.717, 1.165) is 30.3 Å². The molecular weight excluding hydrogens is 355 g/mol. The number of nitrogens with zero attached hydrogens (tertiary/aromatic N) is 6. The number of pyridine rings is 1. The lowest BCUT2D eigenvalue weighted by atomic mass is 10.3. The summed E-state index contributed by atoms with van der Waals surface area (Å²) in [5.41, 5.74) is -0.703. The van der Waals surface area contributed by atoms with Gasteiger partial charge in [0.1, 0.15) is 5.65 Å². The van der Waals surface area contributed by atoms with Gasteiger partial charge in [-0.15, -0.1) is 0 Å². The molecule has 1 saturated carbocycles. The molecule has 0 bridgehead atoms. The Kier molecular flexibility index (Phi) is 3.36. The van der Waals surface area contributed by atoms with E-state index in [4.69, 9.17) is 0 Å². The number of likely N-dealkylation sites (N-methyl/N-ethyl adjacent to an activating group) is 1. The number of rotatable bonds is 2. The first-order valence-corrected chi connectivity index (χ1v) is 8.97. The second kappa shape index (κ2) is 5.56. The summed E-state index contributed by atoms with van der Waals surface area (Å²) >= 11 is 0.